The van der Waals surface area contributed by atoms with Crippen molar-refractivity contribution in [2.45, 2.75) is 6.42 Å². The Kier molecular flexibility index (Phi) is 4.43. The zero-order valence-corrected chi connectivity index (χ0v) is 12.3. The van der Waals surface area contributed by atoms with Crippen molar-refractivity contribution >= 4 is 34.1 Å². The molecule has 102 valence electrons. The van der Waals surface area contributed by atoms with Gasteiger partial charge in [-0.1, -0.05) is 12.1 Å². The lowest BCUT2D eigenvalue weighted by Crippen LogP contribution is -2.06. The Labute approximate surface area is 127 Å². The molecule has 0 radical (unpaired) electrons. The third-order valence-corrected chi connectivity index (χ3v) is 3.68. The Morgan fingerprint density at radius 3 is 2.45 bits per heavy atom. The molecule has 0 N–H and O–H groups in total. The van der Waals surface area contributed by atoms with Crippen molar-refractivity contribution in [3.05, 3.63) is 73.1 Å². The molecule has 2 aromatic carbocycles. The number of hydrogen-bond donors (Lipinski definition) is 0. The first-order valence-electron chi connectivity index (χ1n) is 5.69. The average Bonchev–Trinajstić information content (AvgIpc) is 2.41. The molecular formula is C14H9FINO3. The highest BCUT2D eigenvalue weighted by Crippen LogP contribution is 2.21. The van der Waals surface area contributed by atoms with Crippen LogP contribution in [0.15, 0.2) is 42.5 Å². The zero-order chi connectivity index (χ0) is 14.7. The number of nitro benzene ring substituents is 1. The molecule has 4 nitrogen and oxygen atoms in total. The molecule has 0 aromatic heterocycles. The predicted octanol–water partition coefficient (Wildman–Crippen LogP) is 3.76. The summed E-state index contributed by atoms with van der Waals surface area (Å²) >= 11 is 1.96. The van der Waals surface area contributed by atoms with Gasteiger partial charge < -0.3 is 0 Å². The summed E-state index contributed by atoms with van der Waals surface area (Å²) in [5.41, 5.74) is 0.857. The minimum Gasteiger partial charge on any atom is -0.294 e. The minimum atomic E-state index is -0.537. The van der Waals surface area contributed by atoms with Crippen LogP contribution in [0.1, 0.15) is 15.9 Å². The van der Waals surface area contributed by atoms with Gasteiger partial charge in [0, 0.05) is 27.7 Å². The third-order valence-electron chi connectivity index (χ3n) is 2.74. The highest BCUT2D eigenvalue weighted by molar-refractivity contribution is 14.1. The fourth-order valence-electron chi connectivity index (χ4n) is 1.72. The smallest absolute Gasteiger partial charge is 0.270 e. The summed E-state index contributed by atoms with van der Waals surface area (Å²) in [4.78, 5) is 22.4. The number of Topliss-reactive ketones (excluding diaryl/α,β-unsaturated/α-hetero) is 1. The number of rotatable bonds is 4. The van der Waals surface area contributed by atoms with Crippen LogP contribution in [0.2, 0.25) is 0 Å². The lowest BCUT2D eigenvalue weighted by Gasteiger charge is -2.04. The molecule has 0 bridgehead atoms. The van der Waals surface area contributed by atoms with E-state index < -0.39 is 4.92 Å². The van der Waals surface area contributed by atoms with E-state index >= 15 is 0 Å². The molecule has 2 aromatic rings. The van der Waals surface area contributed by atoms with Gasteiger partial charge >= 0.3 is 0 Å². The second kappa shape index (κ2) is 6.08. The van der Waals surface area contributed by atoms with E-state index in [0.29, 0.717) is 14.7 Å². The van der Waals surface area contributed by atoms with Gasteiger partial charge in [-0.25, -0.2) is 4.39 Å². The summed E-state index contributed by atoms with van der Waals surface area (Å²) in [5.74, 6) is -0.601. The van der Waals surface area contributed by atoms with Crippen LogP contribution >= 0.6 is 22.6 Å². The van der Waals surface area contributed by atoms with Gasteiger partial charge in [-0.3, -0.25) is 14.9 Å². The van der Waals surface area contributed by atoms with E-state index in [0.717, 1.165) is 0 Å². The Balaban J connectivity index is 2.26. The number of carbonyl (C=O) groups is 1. The van der Waals surface area contributed by atoms with Crippen LogP contribution in [0.25, 0.3) is 0 Å². The average molecular weight is 385 g/mol. The van der Waals surface area contributed by atoms with Crippen LogP contribution in [0.5, 0.6) is 0 Å². The number of nitrogens with zero attached hydrogens (tertiary/aromatic N) is 1. The molecule has 0 atom stereocenters. The Morgan fingerprint density at radius 1 is 1.20 bits per heavy atom. The summed E-state index contributed by atoms with van der Waals surface area (Å²) in [6, 6.07) is 9.78. The van der Waals surface area contributed by atoms with Gasteiger partial charge in [0.1, 0.15) is 5.82 Å². The number of carbonyl (C=O) groups excluding carboxylic acids is 1. The molecule has 0 aliphatic rings. The maximum absolute atomic E-state index is 12.8. The fourth-order valence-corrected chi connectivity index (χ4v) is 2.36. The number of nitro groups is 1. The molecule has 0 aliphatic carbocycles. The maximum Gasteiger partial charge on any atom is 0.270 e. The van der Waals surface area contributed by atoms with E-state index in [1.165, 1.54) is 42.5 Å². The molecule has 0 saturated carbocycles. The van der Waals surface area contributed by atoms with Gasteiger partial charge in [0.05, 0.1) is 4.92 Å². The number of benzene rings is 2. The summed E-state index contributed by atoms with van der Waals surface area (Å²) < 4.78 is 13.4. The van der Waals surface area contributed by atoms with Crippen LogP contribution in [0.4, 0.5) is 10.1 Å². The zero-order valence-electron chi connectivity index (χ0n) is 10.2. The van der Waals surface area contributed by atoms with Crippen molar-refractivity contribution in [1.82, 2.24) is 0 Å². The molecule has 2 rings (SSSR count). The van der Waals surface area contributed by atoms with E-state index in [-0.39, 0.29) is 23.7 Å². The van der Waals surface area contributed by atoms with Gasteiger partial charge in [0.2, 0.25) is 0 Å². The number of halogens is 2. The summed E-state index contributed by atoms with van der Waals surface area (Å²) in [5, 5.41) is 10.7. The second-order valence-electron chi connectivity index (χ2n) is 4.15. The second-order valence-corrected chi connectivity index (χ2v) is 5.31. The Bertz CT molecular complexity index is 671. The quantitative estimate of drug-likeness (QED) is 0.349. The molecule has 0 heterocycles. The molecule has 0 spiro atoms. The van der Waals surface area contributed by atoms with E-state index in [1.54, 1.807) is 0 Å². The lowest BCUT2D eigenvalue weighted by molar-refractivity contribution is -0.384. The summed E-state index contributed by atoms with van der Waals surface area (Å²) in [6.07, 6.45) is 0.0808. The first kappa shape index (κ1) is 14.6. The maximum atomic E-state index is 12.8. The van der Waals surface area contributed by atoms with Crippen molar-refractivity contribution < 1.29 is 14.1 Å². The van der Waals surface area contributed by atoms with Crippen molar-refractivity contribution in [3.8, 4) is 0 Å². The van der Waals surface area contributed by atoms with Gasteiger partial charge in [0.25, 0.3) is 5.69 Å². The topological polar surface area (TPSA) is 60.2 Å². The first-order chi connectivity index (χ1) is 9.47. The van der Waals surface area contributed by atoms with E-state index in [9.17, 15) is 19.3 Å². The van der Waals surface area contributed by atoms with Crippen LogP contribution in [-0.4, -0.2) is 10.7 Å². The first-order valence-corrected chi connectivity index (χ1v) is 6.77. The van der Waals surface area contributed by atoms with Crippen molar-refractivity contribution in [1.29, 1.82) is 0 Å². The Morgan fingerprint density at radius 2 is 1.85 bits per heavy atom. The molecular weight excluding hydrogens is 376 g/mol. The van der Waals surface area contributed by atoms with E-state index in [1.807, 2.05) is 22.6 Å². The molecule has 0 aliphatic heterocycles. The molecule has 6 heteroatoms. The van der Waals surface area contributed by atoms with Crippen molar-refractivity contribution in [3.63, 3.8) is 0 Å². The predicted molar refractivity (Wildman–Crippen MR) is 80.2 cm³/mol. The highest BCUT2D eigenvalue weighted by atomic mass is 127. The van der Waals surface area contributed by atoms with Gasteiger partial charge in [-0.05, 0) is 46.4 Å². The SMILES string of the molecule is O=C(Cc1ccc(F)cc1)c1cc([N+](=O)[O-])ccc1I. The normalized spacial score (nSPS) is 10.3. The van der Waals surface area contributed by atoms with Crippen molar-refractivity contribution in [2.75, 3.05) is 0 Å². The minimum absolute atomic E-state index is 0.0808. The fraction of sp³-hybridized carbons (Fsp3) is 0.0714. The standard InChI is InChI=1S/C14H9FINO3/c15-10-3-1-9(2-4-10)7-14(18)12-8-11(17(19)20)5-6-13(12)16/h1-6,8H,7H2. The number of non-ortho nitro benzene ring substituents is 1. The molecule has 20 heavy (non-hydrogen) atoms. The van der Waals surface area contributed by atoms with Gasteiger partial charge in [0.15, 0.2) is 5.78 Å². The largest absolute Gasteiger partial charge is 0.294 e. The van der Waals surface area contributed by atoms with Gasteiger partial charge in [-0.2, -0.15) is 0 Å². The monoisotopic (exact) mass is 385 g/mol. The van der Waals surface area contributed by atoms with Crippen molar-refractivity contribution in [2.24, 2.45) is 0 Å². The van der Waals surface area contributed by atoms with Crippen LogP contribution in [0.3, 0.4) is 0 Å². The van der Waals surface area contributed by atoms with Gasteiger partial charge in [-0.15, -0.1) is 0 Å². The Hall–Kier alpha value is -1.83. The van der Waals surface area contributed by atoms with E-state index in [2.05, 4.69) is 0 Å². The third kappa shape index (κ3) is 3.38. The molecule has 0 amide bonds. The van der Waals surface area contributed by atoms with Crippen LogP contribution in [-0.2, 0) is 6.42 Å². The number of ketones is 1. The van der Waals surface area contributed by atoms with Crippen LogP contribution < -0.4 is 0 Å². The molecule has 0 unspecified atom stereocenters. The van der Waals surface area contributed by atoms with Crippen LogP contribution in [0, 0.1) is 19.5 Å². The summed E-state index contributed by atoms with van der Waals surface area (Å²) in [6.45, 7) is 0. The lowest BCUT2D eigenvalue weighted by atomic mass is 10.0. The highest BCUT2D eigenvalue weighted by Gasteiger charge is 2.15. The van der Waals surface area contributed by atoms with E-state index in [4.69, 9.17) is 0 Å². The summed E-state index contributed by atoms with van der Waals surface area (Å²) in [7, 11) is 0. The molecule has 0 saturated heterocycles. The molecule has 0 fully saturated rings. The number of hydrogen-bond acceptors (Lipinski definition) is 3.